The Kier molecular flexibility index (Phi) is 3.70. The summed E-state index contributed by atoms with van der Waals surface area (Å²) < 4.78 is 19.6. The van der Waals surface area contributed by atoms with Gasteiger partial charge in [0, 0.05) is 4.47 Å². The van der Waals surface area contributed by atoms with Gasteiger partial charge < -0.3 is 9.72 Å². The number of fused-ring (bicyclic) bond motifs is 1. The van der Waals surface area contributed by atoms with Gasteiger partial charge in [-0.2, -0.15) is 0 Å². The van der Waals surface area contributed by atoms with E-state index in [0.717, 1.165) is 0 Å². The lowest BCUT2D eigenvalue weighted by molar-refractivity contribution is 0.284. The summed E-state index contributed by atoms with van der Waals surface area (Å²) >= 11 is 3.17. The smallest absolute Gasteiger partial charge is 0.273 e. The van der Waals surface area contributed by atoms with Crippen molar-refractivity contribution in [2.45, 2.75) is 6.61 Å². The molecule has 0 radical (unpaired) electrons. The normalized spacial score (nSPS) is 10.8. The molecule has 1 aromatic heterocycles. The summed E-state index contributed by atoms with van der Waals surface area (Å²) in [5, 5.41) is 0. The monoisotopic (exact) mass is 348 g/mol. The minimum Gasteiger partial charge on any atom is -0.484 e. The number of aromatic amines is 1. The van der Waals surface area contributed by atoms with E-state index in [9.17, 15) is 9.18 Å². The average Bonchev–Trinajstić information content (AvgIpc) is 2.46. The van der Waals surface area contributed by atoms with E-state index in [1.807, 2.05) is 12.1 Å². The molecular formula is C15H10BrFN2O2. The summed E-state index contributed by atoms with van der Waals surface area (Å²) in [6, 6.07) is 11.6. The van der Waals surface area contributed by atoms with Crippen molar-refractivity contribution >= 4 is 27.0 Å². The van der Waals surface area contributed by atoms with Gasteiger partial charge in [-0.1, -0.05) is 28.1 Å². The molecule has 3 rings (SSSR count). The molecule has 1 N–H and O–H groups in total. The minimum absolute atomic E-state index is 0.0764. The highest BCUT2D eigenvalue weighted by Gasteiger charge is 2.08. The number of aromatic nitrogens is 2. The number of hydrogen-bond donors (Lipinski definition) is 1. The quantitative estimate of drug-likeness (QED) is 0.789. The van der Waals surface area contributed by atoms with Crippen LogP contribution < -0.4 is 10.3 Å². The zero-order chi connectivity index (χ0) is 14.8. The predicted octanol–water partition coefficient (Wildman–Crippen LogP) is 3.40. The van der Waals surface area contributed by atoms with Crippen LogP contribution in [0.2, 0.25) is 0 Å². The number of para-hydroxylation sites is 2. The van der Waals surface area contributed by atoms with Gasteiger partial charge in [-0.05, 0) is 30.3 Å². The Balaban J connectivity index is 1.88. The van der Waals surface area contributed by atoms with Crippen molar-refractivity contribution in [1.29, 1.82) is 0 Å². The highest BCUT2D eigenvalue weighted by Crippen LogP contribution is 2.22. The van der Waals surface area contributed by atoms with Crippen molar-refractivity contribution in [3.05, 3.63) is 68.8 Å². The topological polar surface area (TPSA) is 55.0 Å². The Morgan fingerprint density at radius 2 is 2.05 bits per heavy atom. The van der Waals surface area contributed by atoms with Crippen molar-refractivity contribution in [1.82, 2.24) is 9.97 Å². The molecule has 6 heteroatoms. The van der Waals surface area contributed by atoms with E-state index in [4.69, 9.17) is 4.74 Å². The Morgan fingerprint density at radius 1 is 1.24 bits per heavy atom. The number of nitrogens with one attached hydrogen (secondary N) is 1. The Hall–Kier alpha value is -2.21. The molecule has 0 aliphatic rings. The molecule has 0 amide bonds. The molecule has 1 heterocycles. The molecule has 0 fully saturated rings. The van der Waals surface area contributed by atoms with Crippen molar-refractivity contribution < 1.29 is 9.13 Å². The summed E-state index contributed by atoms with van der Waals surface area (Å²) in [5.74, 6) is -0.422. The van der Waals surface area contributed by atoms with Crippen molar-refractivity contribution in [3.8, 4) is 5.75 Å². The third-order valence-electron chi connectivity index (χ3n) is 2.93. The Morgan fingerprint density at radius 3 is 2.86 bits per heavy atom. The number of H-pyrrole nitrogens is 1. The fourth-order valence-electron chi connectivity index (χ4n) is 1.90. The number of benzene rings is 2. The average molecular weight is 349 g/mol. The molecule has 0 aliphatic heterocycles. The lowest BCUT2D eigenvalue weighted by Gasteiger charge is -2.07. The van der Waals surface area contributed by atoms with Gasteiger partial charge in [-0.25, -0.2) is 9.37 Å². The first-order valence-electron chi connectivity index (χ1n) is 6.19. The van der Waals surface area contributed by atoms with Crippen molar-refractivity contribution in [2.24, 2.45) is 0 Å². The number of rotatable bonds is 3. The SMILES string of the molecule is O=c1[nH]c2ccccc2nc1COc1ccc(Br)cc1F. The summed E-state index contributed by atoms with van der Waals surface area (Å²) in [6.07, 6.45) is 0. The van der Waals surface area contributed by atoms with Gasteiger partial charge in [0.05, 0.1) is 11.0 Å². The van der Waals surface area contributed by atoms with E-state index in [1.54, 1.807) is 18.2 Å². The molecular weight excluding hydrogens is 339 g/mol. The third-order valence-corrected chi connectivity index (χ3v) is 3.42. The number of ether oxygens (including phenoxy) is 1. The molecule has 4 nitrogen and oxygen atoms in total. The second kappa shape index (κ2) is 5.65. The highest BCUT2D eigenvalue weighted by molar-refractivity contribution is 9.10. The molecule has 2 aromatic carbocycles. The molecule has 0 bridgehead atoms. The molecule has 0 saturated heterocycles. The number of hydrogen-bond acceptors (Lipinski definition) is 3. The second-order valence-corrected chi connectivity index (χ2v) is 5.31. The van der Waals surface area contributed by atoms with Crippen LogP contribution in [0.25, 0.3) is 11.0 Å². The van der Waals surface area contributed by atoms with Crippen LogP contribution in [0.5, 0.6) is 5.75 Å². The van der Waals surface area contributed by atoms with E-state index < -0.39 is 5.82 Å². The summed E-state index contributed by atoms with van der Waals surface area (Å²) in [7, 11) is 0. The second-order valence-electron chi connectivity index (χ2n) is 4.39. The first-order valence-corrected chi connectivity index (χ1v) is 6.98. The van der Waals surface area contributed by atoms with Crippen LogP contribution in [0, 0.1) is 5.82 Å². The molecule has 3 aromatic rings. The molecule has 0 unspecified atom stereocenters. The zero-order valence-electron chi connectivity index (χ0n) is 10.8. The first-order chi connectivity index (χ1) is 10.1. The third kappa shape index (κ3) is 2.95. The van der Waals surface area contributed by atoms with Crippen LogP contribution in [0.3, 0.4) is 0 Å². The highest BCUT2D eigenvalue weighted by atomic mass is 79.9. The lowest BCUT2D eigenvalue weighted by Crippen LogP contribution is -2.17. The fourth-order valence-corrected chi connectivity index (χ4v) is 2.24. The van der Waals surface area contributed by atoms with E-state index in [2.05, 4.69) is 25.9 Å². The maximum Gasteiger partial charge on any atom is 0.273 e. The van der Waals surface area contributed by atoms with Gasteiger partial charge in [0.2, 0.25) is 0 Å². The number of nitrogens with zero attached hydrogens (tertiary/aromatic N) is 1. The van der Waals surface area contributed by atoms with Crippen LogP contribution in [-0.4, -0.2) is 9.97 Å². The van der Waals surface area contributed by atoms with Gasteiger partial charge in [-0.15, -0.1) is 0 Å². The largest absolute Gasteiger partial charge is 0.484 e. The van der Waals surface area contributed by atoms with Gasteiger partial charge in [0.1, 0.15) is 12.3 Å². The van der Waals surface area contributed by atoms with Crippen LogP contribution >= 0.6 is 15.9 Å². The summed E-state index contributed by atoms with van der Waals surface area (Å²) in [6.45, 7) is -0.0985. The lowest BCUT2D eigenvalue weighted by atomic mass is 10.3. The minimum atomic E-state index is -0.499. The van der Waals surface area contributed by atoms with Crippen LogP contribution in [0.4, 0.5) is 4.39 Å². The molecule has 0 saturated carbocycles. The van der Waals surface area contributed by atoms with E-state index >= 15 is 0 Å². The first kappa shape index (κ1) is 13.8. The molecule has 0 aliphatic carbocycles. The maximum atomic E-state index is 13.6. The Bertz CT molecular complexity index is 864. The van der Waals surface area contributed by atoms with Crippen LogP contribution in [0.1, 0.15) is 5.69 Å². The molecule has 0 atom stereocenters. The van der Waals surface area contributed by atoms with Gasteiger partial charge >= 0.3 is 0 Å². The molecule has 106 valence electrons. The zero-order valence-corrected chi connectivity index (χ0v) is 12.4. The summed E-state index contributed by atoms with van der Waals surface area (Å²) in [4.78, 5) is 18.8. The van der Waals surface area contributed by atoms with Crippen LogP contribution in [-0.2, 0) is 6.61 Å². The van der Waals surface area contributed by atoms with E-state index in [1.165, 1.54) is 12.1 Å². The maximum absolute atomic E-state index is 13.6. The van der Waals surface area contributed by atoms with Crippen LogP contribution in [0.15, 0.2) is 51.7 Å². The molecule has 21 heavy (non-hydrogen) atoms. The fraction of sp³-hybridized carbons (Fsp3) is 0.0667. The van der Waals surface area contributed by atoms with Crippen molar-refractivity contribution in [3.63, 3.8) is 0 Å². The molecule has 0 spiro atoms. The van der Waals surface area contributed by atoms with E-state index in [0.29, 0.717) is 15.5 Å². The van der Waals surface area contributed by atoms with Gasteiger partial charge in [0.15, 0.2) is 11.6 Å². The summed E-state index contributed by atoms with van der Waals surface area (Å²) in [5.41, 5.74) is 1.18. The van der Waals surface area contributed by atoms with Crippen molar-refractivity contribution in [2.75, 3.05) is 0 Å². The standard InChI is InChI=1S/C15H10BrFN2O2/c16-9-5-6-14(10(17)7-9)21-8-13-15(20)19-12-4-2-1-3-11(12)18-13/h1-7H,8H2,(H,19,20). The number of halogens is 2. The predicted molar refractivity (Wildman–Crippen MR) is 80.8 cm³/mol. The van der Waals surface area contributed by atoms with Gasteiger partial charge in [-0.3, -0.25) is 4.79 Å². The van der Waals surface area contributed by atoms with Gasteiger partial charge in [0.25, 0.3) is 5.56 Å². The Labute approximate surface area is 127 Å². The van der Waals surface area contributed by atoms with E-state index in [-0.39, 0.29) is 23.6 Å².